The van der Waals surface area contributed by atoms with Crippen LogP contribution in [0.1, 0.15) is 5.56 Å². The zero-order valence-electron chi connectivity index (χ0n) is 15.8. The van der Waals surface area contributed by atoms with Crippen molar-refractivity contribution in [1.29, 1.82) is 0 Å². The van der Waals surface area contributed by atoms with Gasteiger partial charge in [0.15, 0.2) is 5.82 Å². The number of hydrogen-bond acceptors (Lipinski definition) is 5. The highest BCUT2D eigenvalue weighted by Gasteiger charge is 2.22. The second-order valence-electron chi connectivity index (χ2n) is 6.46. The Morgan fingerprint density at radius 1 is 1.10 bits per heavy atom. The summed E-state index contributed by atoms with van der Waals surface area (Å²) >= 11 is 0. The van der Waals surface area contributed by atoms with Gasteiger partial charge in [-0.05, 0) is 18.2 Å². The molecule has 0 radical (unpaired) electrons. The fourth-order valence-corrected chi connectivity index (χ4v) is 2.99. The molecule has 0 atom stereocenters. The largest absolute Gasteiger partial charge is 0.453 e. The minimum atomic E-state index is -0.666. The van der Waals surface area contributed by atoms with E-state index in [-0.39, 0.29) is 17.5 Å². The molecule has 29 heavy (non-hydrogen) atoms. The van der Waals surface area contributed by atoms with Crippen molar-refractivity contribution < 1.29 is 23.1 Å². The van der Waals surface area contributed by atoms with E-state index in [2.05, 4.69) is 15.6 Å². The van der Waals surface area contributed by atoms with Gasteiger partial charge in [0.1, 0.15) is 0 Å². The summed E-state index contributed by atoms with van der Waals surface area (Å²) in [5, 5.41) is 4.91. The molecule has 1 aromatic carbocycles. The van der Waals surface area contributed by atoms with Gasteiger partial charge in [0, 0.05) is 38.3 Å². The summed E-state index contributed by atoms with van der Waals surface area (Å²) in [7, 11) is 1.34. The van der Waals surface area contributed by atoms with E-state index in [0.29, 0.717) is 38.3 Å². The number of anilines is 2. The predicted molar refractivity (Wildman–Crippen MR) is 102 cm³/mol. The third-order valence-corrected chi connectivity index (χ3v) is 4.51. The van der Waals surface area contributed by atoms with Crippen LogP contribution in [0.15, 0.2) is 36.5 Å². The van der Waals surface area contributed by atoms with Crippen LogP contribution >= 0.6 is 0 Å². The number of ether oxygens (including phenoxy) is 1. The molecule has 0 bridgehead atoms. The highest BCUT2D eigenvalue weighted by Crippen LogP contribution is 2.20. The number of benzene rings is 1. The standard InChI is InChI=1S/C19H21F2N5O3/c1-29-19(28)26-9-7-25(8-10-26)12-13-3-2-4-15(17(13)21)24-18(27)23-14-5-6-16(20)22-11-14/h2-6,11H,7-10,12H2,1H3,(H2,23,24,27). The molecule has 2 N–H and O–H groups in total. The Balaban J connectivity index is 1.58. The fourth-order valence-electron chi connectivity index (χ4n) is 2.99. The number of amides is 3. The van der Waals surface area contributed by atoms with Crippen LogP contribution in [-0.4, -0.2) is 60.2 Å². The zero-order valence-corrected chi connectivity index (χ0v) is 15.8. The van der Waals surface area contributed by atoms with Crippen molar-refractivity contribution in [3.8, 4) is 0 Å². The number of carbonyl (C=O) groups is 2. The van der Waals surface area contributed by atoms with Gasteiger partial charge >= 0.3 is 12.1 Å². The number of rotatable bonds is 4. The molecule has 3 rings (SSSR count). The van der Waals surface area contributed by atoms with Crippen molar-refractivity contribution >= 4 is 23.5 Å². The molecule has 3 amide bonds. The van der Waals surface area contributed by atoms with E-state index in [1.807, 2.05) is 4.90 Å². The molecule has 2 heterocycles. The van der Waals surface area contributed by atoms with Crippen molar-refractivity contribution in [2.24, 2.45) is 0 Å². The Morgan fingerprint density at radius 2 is 1.86 bits per heavy atom. The maximum Gasteiger partial charge on any atom is 0.409 e. The molecule has 1 saturated heterocycles. The third-order valence-electron chi connectivity index (χ3n) is 4.51. The fraction of sp³-hybridized carbons (Fsp3) is 0.316. The van der Waals surface area contributed by atoms with E-state index in [1.165, 1.54) is 19.2 Å². The molecule has 0 unspecified atom stereocenters. The molecule has 8 nitrogen and oxygen atoms in total. The first kappa shape index (κ1) is 20.5. The third kappa shape index (κ3) is 5.38. The average Bonchev–Trinajstić information content (AvgIpc) is 2.72. The van der Waals surface area contributed by atoms with Gasteiger partial charge in [-0.1, -0.05) is 12.1 Å². The van der Waals surface area contributed by atoms with Crippen molar-refractivity contribution in [3.05, 3.63) is 53.9 Å². The highest BCUT2D eigenvalue weighted by molar-refractivity contribution is 5.99. The van der Waals surface area contributed by atoms with Crippen molar-refractivity contribution in [2.45, 2.75) is 6.54 Å². The van der Waals surface area contributed by atoms with Crippen LogP contribution in [0.3, 0.4) is 0 Å². The van der Waals surface area contributed by atoms with E-state index in [0.717, 1.165) is 12.3 Å². The second kappa shape index (κ2) is 9.28. The predicted octanol–water partition coefficient (Wildman–Crippen LogP) is 2.89. The lowest BCUT2D eigenvalue weighted by Gasteiger charge is -2.33. The molecule has 0 spiro atoms. The number of halogens is 2. The number of carbonyl (C=O) groups excluding carboxylic acids is 2. The monoisotopic (exact) mass is 405 g/mol. The van der Waals surface area contributed by atoms with Gasteiger partial charge in [-0.25, -0.2) is 19.0 Å². The lowest BCUT2D eigenvalue weighted by molar-refractivity contribution is 0.0885. The number of methoxy groups -OCH3 is 1. The van der Waals surface area contributed by atoms with Gasteiger partial charge < -0.3 is 20.3 Å². The van der Waals surface area contributed by atoms with Gasteiger partial charge in [0.05, 0.1) is 24.7 Å². The lowest BCUT2D eigenvalue weighted by Crippen LogP contribution is -2.48. The summed E-state index contributed by atoms with van der Waals surface area (Å²) in [5.74, 6) is -1.20. The van der Waals surface area contributed by atoms with Gasteiger partial charge in [-0.2, -0.15) is 4.39 Å². The molecule has 1 aromatic heterocycles. The Hall–Kier alpha value is -3.27. The van der Waals surface area contributed by atoms with Gasteiger partial charge in [0.2, 0.25) is 5.95 Å². The number of urea groups is 1. The molecule has 1 fully saturated rings. The highest BCUT2D eigenvalue weighted by atomic mass is 19.1. The number of hydrogen-bond donors (Lipinski definition) is 2. The summed E-state index contributed by atoms with van der Waals surface area (Å²) < 4.78 is 32.3. The SMILES string of the molecule is COC(=O)N1CCN(Cc2cccc(NC(=O)Nc3ccc(F)nc3)c2F)CC1. The number of aromatic nitrogens is 1. The van der Waals surface area contributed by atoms with Gasteiger partial charge in [0.25, 0.3) is 0 Å². The molecule has 10 heteroatoms. The topological polar surface area (TPSA) is 86.8 Å². The van der Waals surface area contributed by atoms with Crippen LogP contribution in [-0.2, 0) is 11.3 Å². The Labute approximate surface area is 166 Å². The van der Waals surface area contributed by atoms with Gasteiger partial charge in [-0.15, -0.1) is 0 Å². The maximum atomic E-state index is 14.8. The van der Waals surface area contributed by atoms with E-state index in [1.54, 1.807) is 17.0 Å². The van der Waals surface area contributed by atoms with Crippen LogP contribution in [0.5, 0.6) is 0 Å². The molecular formula is C19H21F2N5O3. The quantitative estimate of drug-likeness (QED) is 0.764. The summed E-state index contributed by atoms with van der Waals surface area (Å²) in [5.41, 5.74) is 0.741. The van der Waals surface area contributed by atoms with Gasteiger partial charge in [-0.3, -0.25) is 4.90 Å². The Bertz CT molecular complexity index is 871. The summed E-state index contributed by atoms with van der Waals surface area (Å²) in [4.78, 5) is 30.7. The molecule has 1 aliphatic heterocycles. The molecular weight excluding hydrogens is 384 g/mol. The molecule has 154 valence electrons. The minimum absolute atomic E-state index is 0.0308. The van der Waals surface area contributed by atoms with E-state index >= 15 is 0 Å². The van der Waals surface area contributed by atoms with Crippen molar-refractivity contribution in [1.82, 2.24) is 14.8 Å². The summed E-state index contributed by atoms with van der Waals surface area (Å²) in [6.07, 6.45) is 0.791. The summed E-state index contributed by atoms with van der Waals surface area (Å²) in [6, 6.07) is 6.55. The van der Waals surface area contributed by atoms with E-state index < -0.39 is 17.8 Å². The lowest BCUT2D eigenvalue weighted by atomic mass is 10.1. The molecule has 0 aliphatic carbocycles. The number of pyridine rings is 1. The van der Waals surface area contributed by atoms with E-state index in [9.17, 15) is 18.4 Å². The van der Waals surface area contributed by atoms with Crippen LogP contribution < -0.4 is 10.6 Å². The minimum Gasteiger partial charge on any atom is -0.453 e. The smallest absolute Gasteiger partial charge is 0.409 e. The molecule has 1 aliphatic rings. The first-order valence-corrected chi connectivity index (χ1v) is 8.98. The van der Waals surface area contributed by atoms with Crippen molar-refractivity contribution in [2.75, 3.05) is 43.9 Å². The number of piperazine rings is 1. The van der Waals surface area contributed by atoms with Crippen LogP contribution in [0, 0.1) is 11.8 Å². The number of nitrogens with zero attached hydrogens (tertiary/aromatic N) is 3. The first-order chi connectivity index (χ1) is 14.0. The zero-order chi connectivity index (χ0) is 20.8. The maximum absolute atomic E-state index is 14.8. The molecule has 2 aromatic rings. The normalized spacial score (nSPS) is 14.4. The number of nitrogens with one attached hydrogen (secondary N) is 2. The summed E-state index contributed by atoms with van der Waals surface area (Å²) in [6.45, 7) is 2.52. The average molecular weight is 405 g/mol. The molecule has 0 saturated carbocycles. The van der Waals surface area contributed by atoms with Crippen LogP contribution in [0.4, 0.5) is 29.7 Å². The van der Waals surface area contributed by atoms with Crippen LogP contribution in [0.25, 0.3) is 0 Å². The first-order valence-electron chi connectivity index (χ1n) is 8.98. The van der Waals surface area contributed by atoms with E-state index in [4.69, 9.17) is 4.74 Å². The Kier molecular flexibility index (Phi) is 6.55. The second-order valence-corrected chi connectivity index (χ2v) is 6.46. The Morgan fingerprint density at radius 3 is 2.52 bits per heavy atom. The van der Waals surface area contributed by atoms with Crippen LogP contribution in [0.2, 0.25) is 0 Å². The van der Waals surface area contributed by atoms with Crippen molar-refractivity contribution in [3.63, 3.8) is 0 Å².